The average Bonchev–Trinajstić information content (AvgIpc) is 3.38. The summed E-state index contributed by atoms with van der Waals surface area (Å²) in [6.45, 7) is 10.3. The molecule has 0 radical (unpaired) electrons. The number of fused-ring (bicyclic) bond motifs is 1. The number of nitrogens with zero attached hydrogens (tertiary/aromatic N) is 3. The Balaban J connectivity index is 1.66. The first-order chi connectivity index (χ1) is 19.2. The molecule has 2 aromatic heterocycles. The van der Waals surface area contributed by atoms with E-state index in [9.17, 15) is 9.59 Å². The third kappa shape index (κ3) is 5.11. The second-order valence-corrected chi connectivity index (χ2v) is 11.4. The summed E-state index contributed by atoms with van der Waals surface area (Å²) in [5.41, 5.74) is 5.56. The van der Waals surface area contributed by atoms with Gasteiger partial charge in [0.2, 0.25) is 0 Å². The second-order valence-electron chi connectivity index (χ2n) is 9.44. The van der Waals surface area contributed by atoms with Crippen molar-refractivity contribution in [1.82, 2.24) is 9.13 Å². The molecule has 0 spiro atoms. The predicted molar refractivity (Wildman–Crippen MR) is 161 cm³/mol. The Morgan fingerprint density at radius 3 is 2.40 bits per heavy atom. The number of rotatable bonds is 7. The molecule has 0 N–H and O–H groups in total. The number of hydrogen-bond acceptors (Lipinski definition) is 6. The number of carbonyl (C=O) groups excluding carboxylic acids is 1. The fourth-order valence-corrected chi connectivity index (χ4v) is 6.38. The monoisotopic (exact) mass is 619 g/mol. The van der Waals surface area contributed by atoms with Crippen LogP contribution >= 0.6 is 27.3 Å². The first kappa shape index (κ1) is 27.9. The van der Waals surface area contributed by atoms with E-state index in [0.717, 1.165) is 38.4 Å². The summed E-state index contributed by atoms with van der Waals surface area (Å²) < 4.78 is 16.3. The highest BCUT2D eigenvalue weighted by Gasteiger charge is 2.33. The molecule has 3 heterocycles. The molecule has 0 aliphatic carbocycles. The van der Waals surface area contributed by atoms with Gasteiger partial charge in [-0.3, -0.25) is 9.36 Å². The van der Waals surface area contributed by atoms with Gasteiger partial charge in [-0.15, -0.1) is 0 Å². The lowest BCUT2D eigenvalue weighted by atomic mass is 9.96. The zero-order valence-corrected chi connectivity index (χ0v) is 25.4. The van der Waals surface area contributed by atoms with Crippen molar-refractivity contribution in [3.8, 4) is 11.4 Å². The van der Waals surface area contributed by atoms with Gasteiger partial charge in [0.15, 0.2) is 4.80 Å². The lowest BCUT2D eigenvalue weighted by molar-refractivity contribution is -0.139. The van der Waals surface area contributed by atoms with Crippen molar-refractivity contribution in [2.24, 2.45) is 4.99 Å². The molecule has 0 bridgehead atoms. The fourth-order valence-electron chi connectivity index (χ4n) is 5.08. The molecular weight excluding hydrogens is 590 g/mol. The van der Waals surface area contributed by atoms with Crippen LogP contribution in [0.4, 0.5) is 0 Å². The number of esters is 1. The van der Waals surface area contributed by atoms with Crippen LogP contribution in [-0.2, 0) is 9.53 Å². The minimum atomic E-state index is -0.664. The molecule has 9 heteroatoms. The molecule has 206 valence electrons. The van der Waals surface area contributed by atoms with E-state index in [-0.39, 0.29) is 12.2 Å². The molecule has 7 nitrogen and oxygen atoms in total. The summed E-state index contributed by atoms with van der Waals surface area (Å²) >= 11 is 4.82. The Kier molecular flexibility index (Phi) is 7.96. The molecule has 40 heavy (non-hydrogen) atoms. The molecule has 1 atom stereocenters. The van der Waals surface area contributed by atoms with E-state index in [0.29, 0.717) is 27.2 Å². The number of hydrogen-bond donors (Lipinski definition) is 0. The number of thiazole rings is 1. The topological polar surface area (TPSA) is 74.8 Å². The maximum atomic E-state index is 14.0. The molecule has 1 aliphatic rings. The van der Waals surface area contributed by atoms with Crippen LogP contribution in [0.5, 0.6) is 5.75 Å². The maximum Gasteiger partial charge on any atom is 0.338 e. The van der Waals surface area contributed by atoms with Gasteiger partial charge in [-0.1, -0.05) is 39.4 Å². The zero-order chi connectivity index (χ0) is 28.6. The number of carbonyl (C=O) groups is 1. The number of ether oxygens (including phenoxy) is 2. The second kappa shape index (κ2) is 11.4. The highest BCUT2D eigenvalue weighted by molar-refractivity contribution is 9.10. The summed E-state index contributed by atoms with van der Waals surface area (Å²) in [6, 6.07) is 17.0. The van der Waals surface area contributed by atoms with Gasteiger partial charge >= 0.3 is 5.97 Å². The minimum Gasteiger partial charge on any atom is -0.494 e. The van der Waals surface area contributed by atoms with Crippen LogP contribution in [0.3, 0.4) is 0 Å². The van der Waals surface area contributed by atoms with Crippen LogP contribution in [0.15, 0.2) is 80.1 Å². The Bertz CT molecular complexity index is 1790. The quantitative estimate of drug-likeness (QED) is 0.261. The number of allylic oxidation sites excluding steroid dienone is 1. The lowest BCUT2D eigenvalue weighted by Crippen LogP contribution is -2.39. The van der Waals surface area contributed by atoms with E-state index in [4.69, 9.17) is 9.47 Å². The molecule has 0 saturated heterocycles. The molecule has 0 amide bonds. The zero-order valence-electron chi connectivity index (χ0n) is 23.0. The van der Waals surface area contributed by atoms with Crippen LogP contribution < -0.4 is 19.6 Å². The number of benzene rings is 2. The number of halogens is 1. The van der Waals surface area contributed by atoms with Gasteiger partial charge in [0.25, 0.3) is 5.56 Å². The highest BCUT2D eigenvalue weighted by Crippen LogP contribution is 2.32. The van der Waals surface area contributed by atoms with Crippen molar-refractivity contribution in [1.29, 1.82) is 0 Å². The van der Waals surface area contributed by atoms with Gasteiger partial charge in [0, 0.05) is 21.5 Å². The number of aryl methyl sites for hydroxylation is 1. The molecular formula is C31H30BrN3O4S. The van der Waals surface area contributed by atoms with E-state index in [1.54, 1.807) is 18.4 Å². The summed E-state index contributed by atoms with van der Waals surface area (Å²) in [4.78, 5) is 32.3. The Morgan fingerprint density at radius 1 is 1.05 bits per heavy atom. The molecule has 4 aromatic rings. The van der Waals surface area contributed by atoms with Crippen molar-refractivity contribution in [2.75, 3.05) is 13.2 Å². The minimum absolute atomic E-state index is 0.203. The average molecular weight is 621 g/mol. The number of aromatic nitrogens is 2. The SMILES string of the molecule is CCOC(=O)C1=C(C)N=c2s/c(=C\c3cc(C)n(-c4ccc(Br)cc4)c3C)c(=O)n2[C@H]1c1ccc(OCC)cc1. The standard InChI is InChI=1S/C31H30BrN3O4S/c1-6-38-25-14-8-21(9-15-25)28-27(30(37)39-7-2)19(4)33-31-35(28)29(36)26(40-31)17-22-16-18(3)34(20(22)5)24-12-10-23(32)11-13-24/h8-17,28H,6-7H2,1-5H3/b26-17-/t28-/m0/s1. The van der Waals surface area contributed by atoms with Gasteiger partial charge in [0.1, 0.15) is 5.75 Å². The van der Waals surface area contributed by atoms with Crippen molar-refractivity contribution >= 4 is 39.3 Å². The first-order valence-corrected chi connectivity index (χ1v) is 14.7. The van der Waals surface area contributed by atoms with Gasteiger partial charge < -0.3 is 14.0 Å². The Morgan fingerprint density at radius 2 is 1.75 bits per heavy atom. The molecule has 2 aromatic carbocycles. The smallest absolute Gasteiger partial charge is 0.338 e. The summed E-state index contributed by atoms with van der Waals surface area (Å²) in [5, 5.41) is 0. The van der Waals surface area contributed by atoms with Crippen molar-refractivity contribution in [2.45, 2.75) is 40.7 Å². The van der Waals surface area contributed by atoms with Crippen LogP contribution in [0.2, 0.25) is 0 Å². The summed E-state index contributed by atoms with van der Waals surface area (Å²) in [7, 11) is 0. The Labute approximate surface area is 244 Å². The van der Waals surface area contributed by atoms with Gasteiger partial charge in [-0.25, -0.2) is 9.79 Å². The van der Waals surface area contributed by atoms with Gasteiger partial charge in [-0.2, -0.15) is 0 Å². The summed E-state index contributed by atoms with van der Waals surface area (Å²) in [5.74, 6) is 0.244. The maximum absolute atomic E-state index is 14.0. The Hall–Kier alpha value is -3.69. The van der Waals surface area contributed by atoms with E-state index >= 15 is 0 Å². The molecule has 0 unspecified atom stereocenters. The van der Waals surface area contributed by atoms with Crippen LogP contribution in [0, 0.1) is 13.8 Å². The highest BCUT2D eigenvalue weighted by atomic mass is 79.9. The van der Waals surface area contributed by atoms with Gasteiger partial charge in [0.05, 0.1) is 35.1 Å². The van der Waals surface area contributed by atoms with Crippen molar-refractivity contribution in [3.05, 3.63) is 113 Å². The molecule has 0 fully saturated rings. The molecule has 1 aliphatic heterocycles. The van der Waals surface area contributed by atoms with E-state index in [2.05, 4.69) is 50.6 Å². The van der Waals surface area contributed by atoms with E-state index in [1.165, 1.54) is 11.3 Å². The largest absolute Gasteiger partial charge is 0.494 e. The third-order valence-electron chi connectivity index (χ3n) is 6.87. The normalized spacial score (nSPS) is 15.2. The van der Waals surface area contributed by atoms with Crippen LogP contribution in [-0.4, -0.2) is 28.3 Å². The van der Waals surface area contributed by atoms with Crippen molar-refractivity contribution in [3.63, 3.8) is 0 Å². The van der Waals surface area contributed by atoms with Gasteiger partial charge in [-0.05, 0) is 94.3 Å². The van der Waals surface area contributed by atoms with Crippen LogP contribution in [0.25, 0.3) is 11.8 Å². The molecule has 5 rings (SSSR count). The van der Waals surface area contributed by atoms with E-state index < -0.39 is 12.0 Å². The predicted octanol–water partition coefficient (Wildman–Crippen LogP) is 5.37. The molecule has 0 saturated carbocycles. The summed E-state index contributed by atoms with van der Waals surface area (Å²) in [6.07, 6.45) is 1.92. The fraction of sp³-hybridized carbons (Fsp3) is 0.258. The first-order valence-electron chi connectivity index (χ1n) is 13.1. The van der Waals surface area contributed by atoms with Crippen molar-refractivity contribution < 1.29 is 14.3 Å². The van der Waals surface area contributed by atoms with E-state index in [1.807, 2.05) is 56.3 Å². The lowest BCUT2D eigenvalue weighted by Gasteiger charge is -2.24. The van der Waals surface area contributed by atoms with Crippen LogP contribution in [0.1, 0.15) is 49.3 Å². The third-order valence-corrected chi connectivity index (χ3v) is 8.38.